The van der Waals surface area contributed by atoms with Gasteiger partial charge >= 0.3 is 0 Å². The van der Waals surface area contributed by atoms with Crippen LogP contribution in [0.15, 0.2) is 67.3 Å². The van der Waals surface area contributed by atoms with Crippen LogP contribution in [-0.2, 0) is 6.54 Å². The number of hydrogen-bond donors (Lipinski definition) is 1. The summed E-state index contributed by atoms with van der Waals surface area (Å²) in [4.78, 5) is 2.28. The van der Waals surface area contributed by atoms with Crippen molar-refractivity contribution in [3.63, 3.8) is 0 Å². The summed E-state index contributed by atoms with van der Waals surface area (Å²) in [5.41, 5.74) is 2.83. The Balaban J connectivity index is 1.96. The molecule has 0 saturated heterocycles. The Labute approximate surface area is 202 Å². The molecule has 1 atom stereocenters. The van der Waals surface area contributed by atoms with Crippen LogP contribution in [0.5, 0.6) is 11.6 Å². The number of hydrogen-bond acceptors (Lipinski definition) is 4. The van der Waals surface area contributed by atoms with Gasteiger partial charge < -0.3 is 9.84 Å². The van der Waals surface area contributed by atoms with Crippen LogP contribution in [-0.4, -0.2) is 39.0 Å². The number of aromatic nitrogens is 2. The van der Waals surface area contributed by atoms with E-state index < -0.39 is 6.10 Å². The third-order valence-electron chi connectivity index (χ3n) is 5.34. The van der Waals surface area contributed by atoms with E-state index in [0.29, 0.717) is 42.1 Å². The first-order valence-corrected chi connectivity index (χ1v) is 11.8. The maximum Gasteiger partial charge on any atom is 0.227 e. The lowest BCUT2D eigenvalue weighted by atomic mass is 10.1. The second-order valence-electron chi connectivity index (χ2n) is 8.78. The van der Waals surface area contributed by atoms with Gasteiger partial charge in [-0.2, -0.15) is 5.10 Å². The van der Waals surface area contributed by atoms with Gasteiger partial charge in [-0.05, 0) is 62.1 Å². The molecule has 176 valence electrons. The number of aliphatic hydroxyl groups excluding tert-OH is 1. The van der Waals surface area contributed by atoms with Crippen LogP contribution < -0.4 is 4.74 Å². The van der Waals surface area contributed by atoms with E-state index in [-0.39, 0.29) is 0 Å². The molecule has 0 aliphatic rings. The molecule has 0 saturated carbocycles. The van der Waals surface area contributed by atoms with Gasteiger partial charge in [0.2, 0.25) is 5.88 Å². The average Bonchev–Trinajstić information content (AvgIpc) is 3.09. The maximum absolute atomic E-state index is 10.6. The minimum atomic E-state index is -0.410. The number of nitrogens with zero attached hydrogens (tertiary/aromatic N) is 3. The highest BCUT2D eigenvalue weighted by molar-refractivity contribution is 6.30. The van der Waals surface area contributed by atoms with E-state index in [4.69, 9.17) is 21.4 Å². The number of allylic oxidation sites excluding steroid dienone is 1. The van der Waals surface area contributed by atoms with E-state index in [9.17, 15) is 5.11 Å². The molecule has 1 N–H and O–H groups in total. The van der Waals surface area contributed by atoms with E-state index >= 15 is 0 Å². The smallest absolute Gasteiger partial charge is 0.227 e. The Bertz CT molecular complexity index is 1020. The molecule has 3 aromatic rings. The molecule has 0 aliphatic carbocycles. The molecular weight excluding hydrogens is 434 g/mol. The molecule has 0 aliphatic heterocycles. The number of aliphatic hydroxyl groups is 1. The van der Waals surface area contributed by atoms with Crippen LogP contribution in [0.3, 0.4) is 0 Å². The summed E-state index contributed by atoms with van der Waals surface area (Å²) in [6, 6.07) is 17.3. The number of rotatable bonds is 12. The fourth-order valence-corrected chi connectivity index (χ4v) is 3.95. The second-order valence-corrected chi connectivity index (χ2v) is 9.22. The normalized spacial score (nSPS) is 12.3. The van der Waals surface area contributed by atoms with E-state index in [1.165, 1.54) is 0 Å². The summed E-state index contributed by atoms with van der Waals surface area (Å²) >= 11 is 6.07. The van der Waals surface area contributed by atoms with Crippen molar-refractivity contribution < 1.29 is 9.84 Å². The second kappa shape index (κ2) is 12.0. The van der Waals surface area contributed by atoms with Crippen LogP contribution in [0.25, 0.3) is 5.69 Å². The van der Waals surface area contributed by atoms with Gasteiger partial charge in [-0.1, -0.05) is 49.7 Å². The first-order valence-electron chi connectivity index (χ1n) is 11.5. The van der Waals surface area contributed by atoms with Crippen molar-refractivity contribution in [2.75, 3.05) is 13.1 Å². The minimum Gasteiger partial charge on any atom is -0.439 e. The quantitative estimate of drug-likeness (QED) is 0.312. The van der Waals surface area contributed by atoms with Gasteiger partial charge in [0.15, 0.2) is 0 Å². The predicted octanol–water partition coefficient (Wildman–Crippen LogP) is 6.41. The number of aryl methyl sites for hydroxylation is 1. The molecule has 2 aromatic carbocycles. The molecular formula is C27H34ClN3O2. The Hall–Kier alpha value is -2.60. The standard InChI is InChI=1S/C27H34ClN3O2/c1-5-6-12-24(32)18-30(17-20(2)3)19-26-21(4)29-31(23-10-8-7-9-11-23)27(26)33-25-15-13-22(28)14-16-25/h5,7-11,13-16,20,24,32H,1,6,12,17-19H2,2-4H3/t24-/m1/s1. The highest BCUT2D eigenvalue weighted by Crippen LogP contribution is 2.32. The van der Waals surface area contributed by atoms with E-state index in [1.54, 1.807) is 0 Å². The first-order chi connectivity index (χ1) is 15.9. The van der Waals surface area contributed by atoms with Gasteiger partial charge in [-0.15, -0.1) is 6.58 Å². The largest absolute Gasteiger partial charge is 0.439 e. The van der Waals surface area contributed by atoms with Gasteiger partial charge in [-0.3, -0.25) is 4.90 Å². The summed E-state index contributed by atoms with van der Waals surface area (Å²) in [6.45, 7) is 12.2. The number of ether oxygens (including phenoxy) is 1. The van der Waals surface area contributed by atoms with Crippen molar-refractivity contribution >= 4 is 11.6 Å². The first kappa shape index (κ1) is 25.0. The van der Waals surface area contributed by atoms with Crippen molar-refractivity contribution in [3.8, 4) is 17.3 Å². The van der Waals surface area contributed by atoms with E-state index in [2.05, 4.69) is 25.3 Å². The Morgan fingerprint density at radius 2 is 1.82 bits per heavy atom. The van der Waals surface area contributed by atoms with Crippen LogP contribution in [0.4, 0.5) is 0 Å². The fraction of sp³-hybridized carbons (Fsp3) is 0.370. The molecule has 0 amide bonds. The Morgan fingerprint density at radius 1 is 1.12 bits per heavy atom. The minimum absolute atomic E-state index is 0.410. The zero-order valence-electron chi connectivity index (χ0n) is 19.7. The fourth-order valence-electron chi connectivity index (χ4n) is 3.83. The zero-order chi connectivity index (χ0) is 23.8. The van der Waals surface area contributed by atoms with E-state index in [1.807, 2.05) is 72.3 Å². The van der Waals surface area contributed by atoms with Gasteiger partial charge in [-0.25, -0.2) is 4.68 Å². The summed E-state index contributed by atoms with van der Waals surface area (Å²) in [7, 11) is 0. The van der Waals surface area contributed by atoms with Crippen molar-refractivity contribution in [2.24, 2.45) is 5.92 Å². The van der Waals surface area contributed by atoms with Crippen molar-refractivity contribution in [1.29, 1.82) is 0 Å². The highest BCUT2D eigenvalue weighted by atomic mass is 35.5. The molecule has 5 nitrogen and oxygen atoms in total. The molecule has 6 heteroatoms. The van der Waals surface area contributed by atoms with Gasteiger partial charge in [0.25, 0.3) is 0 Å². The Morgan fingerprint density at radius 3 is 2.45 bits per heavy atom. The number of halogens is 1. The van der Waals surface area contributed by atoms with Gasteiger partial charge in [0.05, 0.1) is 23.0 Å². The molecule has 0 fully saturated rings. The third kappa shape index (κ3) is 7.19. The van der Waals surface area contributed by atoms with Crippen molar-refractivity contribution in [2.45, 2.75) is 46.3 Å². The molecule has 0 spiro atoms. The summed E-state index contributed by atoms with van der Waals surface area (Å²) in [5, 5.41) is 16.0. The monoisotopic (exact) mass is 467 g/mol. The topological polar surface area (TPSA) is 50.5 Å². The number of benzene rings is 2. The van der Waals surface area contributed by atoms with Gasteiger partial charge in [0.1, 0.15) is 5.75 Å². The lowest BCUT2D eigenvalue weighted by Gasteiger charge is -2.27. The van der Waals surface area contributed by atoms with Gasteiger partial charge in [0, 0.05) is 24.7 Å². The van der Waals surface area contributed by atoms with E-state index in [0.717, 1.165) is 29.9 Å². The van der Waals surface area contributed by atoms with Crippen LogP contribution in [0, 0.1) is 12.8 Å². The average molecular weight is 468 g/mol. The maximum atomic E-state index is 10.6. The lowest BCUT2D eigenvalue weighted by molar-refractivity contribution is 0.0952. The molecule has 33 heavy (non-hydrogen) atoms. The Kier molecular flexibility index (Phi) is 9.12. The molecule has 1 heterocycles. The molecule has 3 rings (SSSR count). The lowest BCUT2D eigenvalue weighted by Crippen LogP contribution is -2.35. The SMILES string of the molecule is C=CCC[C@@H](O)CN(Cc1c(C)nn(-c2ccccc2)c1Oc1ccc(Cl)cc1)CC(C)C. The van der Waals surface area contributed by atoms with Crippen LogP contribution in [0.2, 0.25) is 5.02 Å². The molecule has 0 radical (unpaired) electrons. The molecule has 0 bridgehead atoms. The van der Waals surface area contributed by atoms with Crippen LogP contribution >= 0.6 is 11.6 Å². The molecule has 0 unspecified atom stereocenters. The summed E-state index contributed by atoms with van der Waals surface area (Å²) in [6.07, 6.45) is 2.94. The van der Waals surface area contributed by atoms with Crippen molar-refractivity contribution in [3.05, 3.63) is 83.5 Å². The number of para-hydroxylation sites is 1. The summed E-state index contributed by atoms with van der Waals surface area (Å²) < 4.78 is 8.23. The van der Waals surface area contributed by atoms with Crippen molar-refractivity contribution in [1.82, 2.24) is 14.7 Å². The predicted molar refractivity (Wildman–Crippen MR) is 135 cm³/mol. The third-order valence-corrected chi connectivity index (χ3v) is 5.60. The summed E-state index contributed by atoms with van der Waals surface area (Å²) in [5.74, 6) is 1.83. The van der Waals surface area contributed by atoms with Crippen LogP contribution in [0.1, 0.15) is 37.9 Å². The zero-order valence-corrected chi connectivity index (χ0v) is 20.5. The highest BCUT2D eigenvalue weighted by Gasteiger charge is 2.23. The molecule has 1 aromatic heterocycles.